The third-order valence-electron chi connectivity index (χ3n) is 3.78. The van der Waals surface area contributed by atoms with E-state index in [9.17, 15) is 17.6 Å². The zero-order valence-electron chi connectivity index (χ0n) is 12.7. The quantitative estimate of drug-likeness (QED) is 0.685. The molecule has 1 fully saturated rings. The van der Waals surface area contributed by atoms with Gasteiger partial charge in [-0.25, -0.2) is 0 Å². The maximum absolute atomic E-state index is 13.5. The van der Waals surface area contributed by atoms with Crippen LogP contribution in [0.15, 0.2) is 24.3 Å². The SMILES string of the molecule is Fc1nc(F)c(F)c(NCc2ccc(N3CCOCC3)cc2)c1F. The van der Waals surface area contributed by atoms with Gasteiger partial charge in [0.2, 0.25) is 11.6 Å². The summed E-state index contributed by atoms with van der Waals surface area (Å²) >= 11 is 0. The van der Waals surface area contributed by atoms with Gasteiger partial charge in [-0.3, -0.25) is 0 Å². The second kappa shape index (κ2) is 7.04. The summed E-state index contributed by atoms with van der Waals surface area (Å²) in [4.78, 5) is 4.67. The Kier molecular flexibility index (Phi) is 4.84. The number of halogens is 4. The van der Waals surface area contributed by atoms with Crippen molar-refractivity contribution in [3.05, 3.63) is 53.4 Å². The fourth-order valence-electron chi connectivity index (χ4n) is 2.48. The van der Waals surface area contributed by atoms with E-state index in [1.807, 2.05) is 12.1 Å². The maximum atomic E-state index is 13.5. The summed E-state index contributed by atoms with van der Waals surface area (Å²) in [6.45, 7) is 2.94. The van der Waals surface area contributed by atoms with Gasteiger partial charge in [-0.1, -0.05) is 12.1 Å². The summed E-state index contributed by atoms with van der Waals surface area (Å²) in [6, 6.07) is 7.31. The first-order chi connectivity index (χ1) is 11.6. The molecule has 24 heavy (non-hydrogen) atoms. The zero-order chi connectivity index (χ0) is 17.1. The van der Waals surface area contributed by atoms with Crippen LogP contribution in [0.1, 0.15) is 5.56 Å². The highest BCUT2D eigenvalue weighted by Crippen LogP contribution is 2.23. The molecule has 2 heterocycles. The molecule has 1 aromatic carbocycles. The zero-order valence-corrected chi connectivity index (χ0v) is 12.7. The van der Waals surface area contributed by atoms with Crippen LogP contribution in [0.5, 0.6) is 0 Å². The van der Waals surface area contributed by atoms with Gasteiger partial charge in [0.05, 0.1) is 13.2 Å². The largest absolute Gasteiger partial charge is 0.378 e. The van der Waals surface area contributed by atoms with Crippen molar-refractivity contribution in [3.8, 4) is 0 Å². The van der Waals surface area contributed by atoms with E-state index in [2.05, 4.69) is 15.2 Å². The lowest BCUT2D eigenvalue weighted by atomic mass is 10.2. The summed E-state index contributed by atoms with van der Waals surface area (Å²) in [6.07, 6.45) is 0. The van der Waals surface area contributed by atoms with Gasteiger partial charge in [-0.15, -0.1) is 0 Å². The summed E-state index contributed by atoms with van der Waals surface area (Å²) in [5.41, 5.74) is 0.862. The normalized spacial score (nSPS) is 14.8. The highest BCUT2D eigenvalue weighted by Gasteiger charge is 2.20. The van der Waals surface area contributed by atoms with E-state index in [1.165, 1.54) is 0 Å². The second-order valence-electron chi connectivity index (χ2n) is 5.32. The lowest BCUT2D eigenvalue weighted by Gasteiger charge is -2.28. The number of ether oxygens (including phenoxy) is 1. The molecule has 0 bridgehead atoms. The number of benzene rings is 1. The monoisotopic (exact) mass is 341 g/mol. The Morgan fingerprint density at radius 1 is 0.958 bits per heavy atom. The van der Waals surface area contributed by atoms with Crippen LogP contribution in [-0.2, 0) is 11.3 Å². The second-order valence-corrected chi connectivity index (χ2v) is 5.32. The van der Waals surface area contributed by atoms with Crippen molar-refractivity contribution in [2.24, 2.45) is 0 Å². The fraction of sp³-hybridized carbons (Fsp3) is 0.312. The van der Waals surface area contributed by atoms with Crippen molar-refractivity contribution < 1.29 is 22.3 Å². The number of nitrogens with one attached hydrogen (secondary N) is 1. The van der Waals surface area contributed by atoms with Crippen LogP contribution in [-0.4, -0.2) is 31.3 Å². The predicted octanol–water partition coefficient (Wildman–Crippen LogP) is 3.09. The third-order valence-corrected chi connectivity index (χ3v) is 3.78. The average Bonchev–Trinajstić information content (AvgIpc) is 2.61. The minimum atomic E-state index is -1.68. The van der Waals surface area contributed by atoms with Crippen LogP contribution in [0.4, 0.5) is 28.9 Å². The van der Waals surface area contributed by atoms with E-state index < -0.39 is 29.2 Å². The number of hydrogen-bond donors (Lipinski definition) is 1. The van der Waals surface area contributed by atoms with E-state index in [0.717, 1.165) is 18.8 Å². The molecule has 0 amide bonds. The number of rotatable bonds is 4. The molecule has 4 nitrogen and oxygen atoms in total. The first kappa shape index (κ1) is 16.5. The molecule has 0 atom stereocenters. The van der Waals surface area contributed by atoms with Crippen molar-refractivity contribution in [2.75, 3.05) is 36.5 Å². The standard InChI is InChI=1S/C16H15F4N3O/c17-12-14(13(18)16(20)22-15(12)19)21-9-10-1-3-11(4-2-10)23-5-7-24-8-6-23/h1-4H,5-9H2,(H,21,22). The van der Waals surface area contributed by atoms with Crippen molar-refractivity contribution in [3.63, 3.8) is 0 Å². The molecule has 2 aromatic rings. The molecule has 1 saturated heterocycles. The van der Waals surface area contributed by atoms with E-state index >= 15 is 0 Å². The molecule has 1 aromatic heterocycles. The van der Waals surface area contributed by atoms with Crippen LogP contribution >= 0.6 is 0 Å². The molecule has 8 heteroatoms. The number of hydrogen-bond acceptors (Lipinski definition) is 4. The molecule has 1 aliphatic rings. The Hall–Kier alpha value is -2.35. The highest BCUT2D eigenvalue weighted by atomic mass is 19.2. The van der Waals surface area contributed by atoms with Crippen molar-refractivity contribution in [1.82, 2.24) is 4.98 Å². The Balaban J connectivity index is 1.69. The molecule has 0 unspecified atom stereocenters. The number of nitrogens with zero attached hydrogens (tertiary/aromatic N) is 2. The Morgan fingerprint density at radius 3 is 2.12 bits per heavy atom. The van der Waals surface area contributed by atoms with E-state index in [-0.39, 0.29) is 6.54 Å². The first-order valence-corrected chi connectivity index (χ1v) is 7.42. The van der Waals surface area contributed by atoms with Crippen LogP contribution in [0.2, 0.25) is 0 Å². The summed E-state index contributed by atoms with van der Waals surface area (Å²) in [5.74, 6) is -6.45. The average molecular weight is 341 g/mol. The Bertz CT molecular complexity index is 692. The topological polar surface area (TPSA) is 37.4 Å². The van der Waals surface area contributed by atoms with Crippen molar-refractivity contribution >= 4 is 11.4 Å². The maximum Gasteiger partial charge on any atom is 0.253 e. The van der Waals surface area contributed by atoms with Gasteiger partial charge >= 0.3 is 0 Å². The van der Waals surface area contributed by atoms with Crippen LogP contribution in [0.25, 0.3) is 0 Å². The minimum absolute atomic E-state index is 0.0140. The summed E-state index contributed by atoms with van der Waals surface area (Å²) < 4.78 is 58.5. The molecular weight excluding hydrogens is 326 g/mol. The fourth-order valence-corrected chi connectivity index (χ4v) is 2.48. The van der Waals surface area contributed by atoms with Crippen LogP contribution < -0.4 is 10.2 Å². The molecule has 128 valence electrons. The predicted molar refractivity (Wildman–Crippen MR) is 80.9 cm³/mol. The molecular formula is C16H15F4N3O. The molecule has 1 N–H and O–H groups in total. The van der Waals surface area contributed by atoms with Gasteiger partial charge in [0.1, 0.15) is 5.69 Å². The Morgan fingerprint density at radius 2 is 1.54 bits per heavy atom. The minimum Gasteiger partial charge on any atom is -0.378 e. The summed E-state index contributed by atoms with van der Waals surface area (Å²) in [7, 11) is 0. The molecule has 3 rings (SSSR count). The van der Waals surface area contributed by atoms with E-state index in [1.54, 1.807) is 12.1 Å². The first-order valence-electron chi connectivity index (χ1n) is 7.42. The molecule has 0 radical (unpaired) electrons. The molecule has 0 saturated carbocycles. The summed E-state index contributed by atoms with van der Waals surface area (Å²) in [5, 5.41) is 2.37. The van der Waals surface area contributed by atoms with Crippen molar-refractivity contribution in [2.45, 2.75) is 6.54 Å². The van der Waals surface area contributed by atoms with Gasteiger partial charge in [0, 0.05) is 25.3 Å². The molecule has 0 aliphatic carbocycles. The van der Waals surface area contributed by atoms with Gasteiger partial charge in [0.25, 0.3) is 11.9 Å². The Labute approximate surface area is 136 Å². The van der Waals surface area contributed by atoms with Crippen LogP contribution in [0.3, 0.4) is 0 Å². The number of anilines is 2. The smallest absolute Gasteiger partial charge is 0.253 e. The van der Waals surface area contributed by atoms with E-state index in [0.29, 0.717) is 18.8 Å². The lowest BCUT2D eigenvalue weighted by Crippen LogP contribution is -2.36. The van der Waals surface area contributed by atoms with E-state index in [4.69, 9.17) is 4.74 Å². The lowest BCUT2D eigenvalue weighted by molar-refractivity contribution is 0.122. The highest BCUT2D eigenvalue weighted by molar-refractivity contribution is 5.50. The van der Waals surface area contributed by atoms with Crippen molar-refractivity contribution in [1.29, 1.82) is 0 Å². The number of aromatic nitrogens is 1. The third kappa shape index (κ3) is 3.43. The molecule has 0 spiro atoms. The number of morpholine rings is 1. The molecule has 1 aliphatic heterocycles. The van der Waals surface area contributed by atoms with Crippen LogP contribution in [0, 0.1) is 23.5 Å². The van der Waals surface area contributed by atoms with Gasteiger partial charge in [0.15, 0.2) is 0 Å². The van der Waals surface area contributed by atoms with Gasteiger partial charge < -0.3 is 15.0 Å². The van der Waals surface area contributed by atoms with Gasteiger partial charge in [-0.05, 0) is 17.7 Å². The van der Waals surface area contributed by atoms with Gasteiger partial charge in [-0.2, -0.15) is 22.5 Å². The number of pyridine rings is 1.